The molecule has 5 nitrogen and oxygen atoms in total. The quantitative estimate of drug-likeness (QED) is 0.738. The number of fused-ring (bicyclic) bond motifs is 1. The van der Waals surface area contributed by atoms with E-state index in [2.05, 4.69) is 4.98 Å². The summed E-state index contributed by atoms with van der Waals surface area (Å²) in [5, 5.41) is 8.81. The monoisotopic (exact) mass is 234 g/mol. The number of benzene rings is 1. The molecule has 2 aromatic rings. The van der Waals surface area contributed by atoms with Gasteiger partial charge in [0.05, 0.1) is 0 Å². The van der Waals surface area contributed by atoms with Crippen LogP contribution in [0.15, 0.2) is 30.5 Å². The zero-order chi connectivity index (χ0) is 12.8. The fourth-order valence-corrected chi connectivity index (χ4v) is 1.20. The summed E-state index contributed by atoms with van der Waals surface area (Å²) in [6.07, 6.45) is 2.05. The van der Waals surface area contributed by atoms with E-state index in [-0.39, 0.29) is 6.42 Å². The molecule has 1 heterocycles. The van der Waals surface area contributed by atoms with Crippen LogP contribution in [-0.2, 0) is 4.79 Å². The minimum absolute atomic E-state index is 0.222. The normalized spacial score (nSPS) is 9.47. The average Bonchev–Trinajstić information content (AvgIpc) is 2.76. The molecule has 1 amide bonds. The molecule has 0 unspecified atom stereocenters. The Bertz CT molecular complexity index is 531. The van der Waals surface area contributed by atoms with Crippen molar-refractivity contribution in [2.24, 2.45) is 5.73 Å². The van der Waals surface area contributed by atoms with E-state index >= 15 is 0 Å². The van der Waals surface area contributed by atoms with Gasteiger partial charge in [-0.05, 0) is 23.6 Å². The van der Waals surface area contributed by atoms with Crippen LogP contribution in [0.4, 0.5) is 0 Å². The van der Waals surface area contributed by atoms with Crippen molar-refractivity contribution >= 4 is 22.8 Å². The number of H-pyrrole nitrogens is 1. The van der Waals surface area contributed by atoms with Crippen molar-refractivity contribution in [1.82, 2.24) is 4.98 Å². The van der Waals surface area contributed by atoms with Crippen LogP contribution < -0.4 is 5.73 Å². The Morgan fingerprint density at radius 3 is 2.53 bits per heavy atom. The van der Waals surface area contributed by atoms with E-state index in [1.54, 1.807) is 19.1 Å². The van der Waals surface area contributed by atoms with Gasteiger partial charge in [0.15, 0.2) is 0 Å². The van der Waals surface area contributed by atoms with Gasteiger partial charge in [-0.1, -0.05) is 13.0 Å². The summed E-state index contributed by atoms with van der Waals surface area (Å²) in [7, 11) is 0. The number of carbonyl (C=O) groups is 2. The Morgan fingerprint density at radius 2 is 2.00 bits per heavy atom. The number of nitrogens with two attached hydrogens (primary N) is 1. The number of carboxylic acids is 1. The molecule has 0 aliphatic heterocycles. The maximum Gasteiger partial charge on any atom is 0.303 e. The Balaban J connectivity index is 0.000000249. The molecule has 0 fully saturated rings. The van der Waals surface area contributed by atoms with Crippen molar-refractivity contribution < 1.29 is 14.7 Å². The molecule has 0 radical (unpaired) electrons. The third-order valence-electron chi connectivity index (χ3n) is 2.14. The fraction of sp³-hybridized carbons (Fsp3) is 0.167. The summed E-state index contributed by atoms with van der Waals surface area (Å²) in [4.78, 5) is 23.1. The maximum absolute atomic E-state index is 10.8. The highest BCUT2D eigenvalue weighted by molar-refractivity contribution is 5.96. The smallest absolute Gasteiger partial charge is 0.303 e. The van der Waals surface area contributed by atoms with Crippen molar-refractivity contribution in [1.29, 1.82) is 0 Å². The van der Waals surface area contributed by atoms with Gasteiger partial charge in [-0.2, -0.15) is 0 Å². The minimum Gasteiger partial charge on any atom is -0.481 e. The van der Waals surface area contributed by atoms with Gasteiger partial charge < -0.3 is 15.8 Å². The van der Waals surface area contributed by atoms with E-state index in [0.29, 0.717) is 5.56 Å². The number of aromatic nitrogens is 1. The van der Waals surface area contributed by atoms with Crippen molar-refractivity contribution in [2.75, 3.05) is 0 Å². The summed E-state index contributed by atoms with van der Waals surface area (Å²) in [5.41, 5.74) is 6.59. The summed E-state index contributed by atoms with van der Waals surface area (Å²) < 4.78 is 0. The van der Waals surface area contributed by atoms with Crippen LogP contribution in [0.5, 0.6) is 0 Å². The van der Waals surface area contributed by atoms with Gasteiger partial charge in [-0.25, -0.2) is 0 Å². The predicted molar refractivity (Wildman–Crippen MR) is 64.7 cm³/mol. The highest BCUT2D eigenvalue weighted by Crippen LogP contribution is 2.13. The first kappa shape index (κ1) is 12.8. The topological polar surface area (TPSA) is 96.2 Å². The first-order valence-corrected chi connectivity index (χ1v) is 5.13. The molecule has 2 rings (SSSR count). The van der Waals surface area contributed by atoms with Crippen molar-refractivity contribution in [2.45, 2.75) is 13.3 Å². The van der Waals surface area contributed by atoms with Crippen molar-refractivity contribution in [3.8, 4) is 0 Å². The lowest BCUT2D eigenvalue weighted by atomic mass is 10.1. The van der Waals surface area contributed by atoms with Gasteiger partial charge in [-0.15, -0.1) is 0 Å². The number of carboxylic acid groups (broad SMARTS) is 1. The molecule has 90 valence electrons. The van der Waals surface area contributed by atoms with E-state index in [1.807, 2.05) is 18.3 Å². The van der Waals surface area contributed by atoms with Crippen LogP contribution in [0.2, 0.25) is 0 Å². The maximum atomic E-state index is 10.8. The van der Waals surface area contributed by atoms with Crippen molar-refractivity contribution in [3.05, 3.63) is 36.0 Å². The molecule has 1 aromatic heterocycles. The molecule has 0 bridgehead atoms. The lowest BCUT2D eigenvalue weighted by Gasteiger charge is -1.94. The number of hydrogen-bond donors (Lipinski definition) is 3. The first-order valence-electron chi connectivity index (χ1n) is 5.13. The third kappa shape index (κ3) is 3.64. The molecule has 4 N–H and O–H groups in total. The summed E-state index contributed by atoms with van der Waals surface area (Å²) >= 11 is 0. The van der Waals surface area contributed by atoms with Gasteiger partial charge in [0.1, 0.15) is 0 Å². The number of amides is 1. The Morgan fingerprint density at radius 1 is 1.35 bits per heavy atom. The number of aromatic amines is 1. The average molecular weight is 234 g/mol. The minimum atomic E-state index is -0.745. The van der Waals surface area contributed by atoms with E-state index in [1.165, 1.54) is 0 Å². The van der Waals surface area contributed by atoms with E-state index < -0.39 is 11.9 Å². The molecule has 0 saturated heterocycles. The van der Waals surface area contributed by atoms with Gasteiger partial charge in [0.2, 0.25) is 5.91 Å². The number of nitrogens with one attached hydrogen (secondary N) is 1. The molecule has 0 saturated carbocycles. The molecule has 0 atom stereocenters. The molecule has 0 spiro atoms. The Hall–Kier alpha value is -2.30. The Kier molecular flexibility index (Phi) is 4.28. The second kappa shape index (κ2) is 5.69. The van der Waals surface area contributed by atoms with Crippen molar-refractivity contribution in [3.63, 3.8) is 0 Å². The number of aliphatic carboxylic acids is 1. The molecule has 5 heteroatoms. The lowest BCUT2D eigenvalue weighted by molar-refractivity contribution is -0.136. The summed E-state index contributed by atoms with van der Waals surface area (Å²) in [5.74, 6) is -1.14. The van der Waals surface area contributed by atoms with Gasteiger partial charge >= 0.3 is 5.97 Å². The molecule has 17 heavy (non-hydrogen) atoms. The van der Waals surface area contributed by atoms with E-state index in [9.17, 15) is 9.59 Å². The largest absolute Gasteiger partial charge is 0.481 e. The van der Waals surface area contributed by atoms with Crippen LogP contribution >= 0.6 is 0 Å². The SMILES string of the molecule is CCC(=O)O.NC(=O)c1ccc2cc[nH]c2c1. The fourth-order valence-electron chi connectivity index (χ4n) is 1.20. The summed E-state index contributed by atoms with van der Waals surface area (Å²) in [6, 6.07) is 7.28. The third-order valence-corrected chi connectivity index (χ3v) is 2.14. The highest BCUT2D eigenvalue weighted by atomic mass is 16.4. The lowest BCUT2D eigenvalue weighted by Crippen LogP contribution is -2.10. The Labute approximate surface area is 98.2 Å². The molecule has 1 aromatic carbocycles. The molecular weight excluding hydrogens is 220 g/mol. The second-order valence-electron chi connectivity index (χ2n) is 3.39. The first-order chi connectivity index (χ1) is 8.04. The zero-order valence-corrected chi connectivity index (χ0v) is 9.43. The number of hydrogen-bond acceptors (Lipinski definition) is 2. The second-order valence-corrected chi connectivity index (χ2v) is 3.39. The van der Waals surface area contributed by atoms with Gasteiger partial charge in [-0.3, -0.25) is 9.59 Å². The summed E-state index contributed by atoms with van der Waals surface area (Å²) in [6.45, 7) is 1.60. The van der Waals surface area contributed by atoms with Crippen LogP contribution in [0.25, 0.3) is 10.9 Å². The molecular formula is C12H14N2O3. The molecule has 0 aliphatic rings. The highest BCUT2D eigenvalue weighted by Gasteiger charge is 2.00. The van der Waals surface area contributed by atoms with Crippen LogP contribution in [0.1, 0.15) is 23.7 Å². The van der Waals surface area contributed by atoms with Crippen LogP contribution in [0, 0.1) is 0 Å². The molecule has 0 aliphatic carbocycles. The standard InChI is InChI=1S/C9H8N2O.C3H6O2/c10-9(12)7-2-1-6-3-4-11-8(6)5-7;1-2-3(4)5/h1-5,11H,(H2,10,12);2H2,1H3,(H,4,5). The zero-order valence-electron chi connectivity index (χ0n) is 9.43. The predicted octanol–water partition coefficient (Wildman–Crippen LogP) is 1.75. The van der Waals surface area contributed by atoms with E-state index in [4.69, 9.17) is 10.8 Å². The van der Waals surface area contributed by atoms with Gasteiger partial charge in [0.25, 0.3) is 0 Å². The van der Waals surface area contributed by atoms with Gasteiger partial charge in [0, 0.05) is 23.7 Å². The van der Waals surface area contributed by atoms with E-state index in [0.717, 1.165) is 10.9 Å². The van der Waals surface area contributed by atoms with Crippen LogP contribution in [0.3, 0.4) is 0 Å². The number of carbonyl (C=O) groups excluding carboxylic acids is 1. The number of rotatable bonds is 2. The van der Waals surface area contributed by atoms with Crippen LogP contribution in [-0.4, -0.2) is 22.0 Å². The number of primary amides is 1.